The molecule has 1 nitrogen and oxygen atoms in total. The minimum atomic E-state index is 0.161. The first-order valence-corrected chi connectivity index (χ1v) is 8.31. The Hall–Kier alpha value is -0.830. The average molecular weight is 308 g/mol. The molecule has 1 atom stereocenters. The zero-order chi connectivity index (χ0) is 14.6. The predicted molar refractivity (Wildman–Crippen MR) is 89.8 cm³/mol. The Morgan fingerprint density at radius 1 is 1.20 bits per heavy atom. The normalized spacial score (nSPS) is 13.4. The van der Waals surface area contributed by atoms with Gasteiger partial charge in [-0.2, -0.15) is 0 Å². The lowest BCUT2D eigenvalue weighted by atomic mass is 9.90. The third kappa shape index (κ3) is 3.85. The van der Waals surface area contributed by atoms with Gasteiger partial charge in [-0.15, -0.1) is 11.3 Å². The fourth-order valence-electron chi connectivity index (χ4n) is 2.32. The summed E-state index contributed by atoms with van der Waals surface area (Å²) in [5, 5.41) is 6.64. The number of thiophene rings is 1. The van der Waals surface area contributed by atoms with Crippen molar-refractivity contribution in [3.05, 3.63) is 57.2 Å². The van der Waals surface area contributed by atoms with E-state index in [0.29, 0.717) is 6.04 Å². The number of hydrogen-bond donors (Lipinski definition) is 1. The first-order chi connectivity index (χ1) is 9.53. The molecule has 0 aliphatic heterocycles. The molecule has 1 heterocycles. The molecule has 3 heteroatoms. The summed E-state index contributed by atoms with van der Waals surface area (Å²) in [7, 11) is 0. The molecule has 0 spiro atoms. The van der Waals surface area contributed by atoms with Gasteiger partial charge in [0.2, 0.25) is 0 Å². The van der Waals surface area contributed by atoms with E-state index in [4.69, 9.17) is 11.6 Å². The summed E-state index contributed by atoms with van der Waals surface area (Å²) in [6.45, 7) is 7.76. The van der Waals surface area contributed by atoms with Gasteiger partial charge in [0.15, 0.2) is 0 Å². The molecular weight excluding hydrogens is 286 g/mol. The van der Waals surface area contributed by atoms with Crippen molar-refractivity contribution in [3.63, 3.8) is 0 Å². The van der Waals surface area contributed by atoms with Crippen molar-refractivity contribution < 1.29 is 0 Å². The molecule has 0 saturated carbocycles. The van der Waals surface area contributed by atoms with Gasteiger partial charge in [-0.3, -0.25) is 0 Å². The van der Waals surface area contributed by atoms with E-state index < -0.39 is 0 Å². The Labute approximate surface area is 131 Å². The molecule has 0 fully saturated rings. The fraction of sp³-hybridized carbons (Fsp3) is 0.412. The van der Waals surface area contributed by atoms with Crippen molar-refractivity contribution in [2.24, 2.45) is 0 Å². The molecule has 0 aliphatic carbocycles. The van der Waals surface area contributed by atoms with E-state index >= 15 is 0 Å². The SMILES string of the molecule is CCC(NCC(C)(C)c1cccs1)c1ccc(Cl)cc1. The third-order valence-corrected chi connectivity index (χ3v) is 5.15. The van der Waals surface area contributed by atoms with Crippen LogP contribution in [0.1, 0.15) is 43.7 Å². The predicted octanol–water partition coefficient (Wildman–Crippen LogP) is 5.42. The first kappa shape index (κ1) is 15.6. The molecule has 1 aromatic heterocycles. The van der Waals surface area contributed by atoms with Crippen LogP contribution in [0.15, 0.2) is 41.8 Å². The molecule has 2 rings (SSSR count). The van der Waals surface area contributed by atoms with E-state index in [1.807, 2.05) is 23.5 Å². The van der Waals surface area contributed by atoms with Gasteiger partial charge in [-0.05, 0) is 35.6 Å². The molecule has 1 unspecified atom stereocenters. The van der Waals surface area contributed by atoms with Crippen LogP contribution < -0.4 is 5.32 Å². The number of benzene rings is 1. The average Bonchev–Trinajstić information content (AvgIpc) is 2.96. The second kappa shape index (κ2) is 6.75. The maximum atomic E-state index is 5.96. The zero-order valence-corrected chi connectivity index (χ0v) is 13.9. The van der Waals surface area contributed by atoms with Crippen molar-refractivity contribution in [1.29, 1.82) is 0 Å². The van der Waals surface area contributed by atoms with Crippen LogP contribution in [0.5, 0.6) is 0 Å². The Balaban J connectivity index is 2.02. The lowest BCUT2D eigenvalue weighted by molar-refractivity contribution is 0.421. The van der Waals surface area contributed by atoms with Crippen LogP contribution in [0.4, 0.5) is 0 Å². The van der Waals surface area contributed by atoms with Gasteiger partial charge < -0.3 is 5.32 Å². The maximum Gasteiger partial charge on any atom is 0.0406 e. The standard InChI is InChI=1S/C17H22ClNS/c1-4-15(13-7-9-14(18)10-8-13)19-12-17(2,3)16-6-5-11-20-16/h5-11,15,19H,4,12H2,1-3H3. The molecule has 2 aromatic rings. The summed E-state index contributed by atoms with van der Waals surface area (Å²) in [6.07, 6.45) is 1.07. The van der Waals surface area contributed by atoms with Crippen LogP contribution in [0.25, 0.3) is 0 Å². The summed E-state index contributed by atoms with van der Waals surface area (Å²) in [4.78, 5) is 1.43. The summed E-state index contributed by atoms with van der Waals surface area (Å²) >= 11 is 7.79. The second-order valence-electron chi connectivity index (χ2n) is 5.75. The van der Waals surface area contributed by atoms with Gasteiger partial charge in [0.05, 0.1) is 0 Å². The van der Waals surface area contributed by atoms with Gasteiger partial charge in [0.25, 0.3) is 0 Å². The second-order valence-corrected chi connectivity index (χ2v) is 7.14. The van der Waals surface area contributed by atoms with E-state index in [1.165, 1.54) is 10.4 Å². The smallest absolute Gasteiger partial charge is 0.0406 e. The summed E-state index contributed by atoms with van der Waals surface area (Å²) in [5.41, 5.74) is 1.47. The highest BCUT2D eigenvalue weighted by atomic mass is 35.5. The topological polar surface area (TPSA) is 12.0 Å². The maximum absolute atomic E-state index is 5.96. The minimum Gasteiger partial charge on any atom is -0.309 e. The van der Waals surface area contributed by atoms with E-state index in [0.717, 1.165) is 18.0 Å². The van der Waals surface area contributed by atoms with Crippen molar-refractivity contribution >= 4 is 22.9 Å². The van der Waals surface area contributed by atoms with Crippen LogP contribution in [0.2, 0.25) is 5.02 Å². The monoisotopic (exact) mass is 307 g/mol. The quantitative estimate of drug-likeness (QED) is 0.751. The number of nitrogens with one attached hydrogen (secondary N) is 1. The van der Waals surface area contributed by atoms with Crippen LogP contribution in [0.3, 0.4) is 0 Å². The highest BCUT2D eigenvalue weighted by Crippen LogP contribution is 2.28. The van der Waals surface area contributed by atoms with Crippen molar-refractivity contribution in [2.45, 2.75) is 38.6 Å². The summed E-state index contributed by atoms with van der Waals surface area (Å²) in [6, 6.07) is 12.9. The summed E-state index contributed by atoms with van der Waals surface area (Å²) in [5.74, 6) is 0. The van der Waals surface area contributed by atoms with Crippen LogP contribution in [-0.4, -0.2) is 6.54 Å². The van der Waals surface area contributed by atoms with Crippen molar-refractivity contribution in [1.82, 2.24) is 5.32 Å². The van der Waals surface area contributed by atoms with Crippen molar-refractivity contribution in [3.8, 4) is 0 Å². The molecule has 1 aromatic carbocycles. The lowest BCUT2D eigenvalue weighted by Gasteiger charge is -2.27. The van der Waals surface area contributed by atoms with Gasteiger partial charge in [-0.25, -0.2) is 0 Å². The molecule has 0 saturated heterocycles. The third-order valence-electron chi connectivity index (χ3n) is 3.66. The van der Waals surface area contributed by atoms with Gasteiger partial charge in [-0.1, -0.05) is 50.6 Å². The zero-order valence-electron chi connectivity index (χ0n) is 12.3. The molecule has 0 radical (unpaired) electrons. The van der Waals surface area contributed by atoms with E-state index in [2.05, 4.69) is 55.7 Å². The van der Waals surface area contributed by atoms with E-state index in [9.17, 15) is 0 Å². The molecule has 0 bridgehead atoms. The van der Waals surface area contributed by atoms with Gasteiger partial charge >= 0.3 is 0 Å². The van der Waals surface area contributed by atoms with Gasteiger partial charge in [0.1, 0.15) is 0 Å². The minimum absolute atomic E-state index is 0.161. The van der Waals surface area contributed by atoms with Gasteiger partial charge in [0, 0.05) is 27.9 Å². The molecule has 0 amide bonds. The summed E-state index contributed by atoms with van der Waals surface area (Å²) < 4.78 is 0. The number of rotatable bonds is 6. The highest BCUT2D eigenvalue weighted by Gasteiger charge is 2.23. The highest BCUT2D eigenvalue weighted by molar-refractivity contribution is 7.10. The molecule has 0 aliphatic rings. The van der Waals surface area contributed by atoms with Crippen molar-refractivity contribution in [2.75, 3.05) is 6.54 Å². The number of halogens is 1. The Bertz CT molecular complexity index is 516. The lowest BCUT2D eigenvalue weighted by Crippen LogP contribution is -2.34. The van der Waals surface area contributed by atoms with E-state index in [-0.39, 0.29) is 5.41 Å². The number of hydrogen-bond acceptors (Lipinski definition) is 2. The molecular formula is C17H22ClNS. The Morgan fingerprint density at radius 2 is 1.90 bits per heavy atom. The largest absolute Gasteiger partial charge is 0.309 e. The molecule has 108 valence electrons. The Morgan fingerprint density at radius 3 is 2.45 bits per heavy atom. The molecule has 20 heavy (non-hydrogen) atoms. The fourth-order valence-corrected chi connectivity index (χ4v) is 3.30. The van der Waals surface area contributed by atoms with E-state index in [1.54, 1.807) is 0 Å². The van der Waals surface area contributed by atoms with Crippen LogP contribution in [0, 0.1) is 0 Å². The molecule has 1 N–H and O–H groups in total. The van der Waals surface area contributed by atoms with Crippen LogP contribution >= 0.6 is 22.9 Å². The first-order valence-electron chi connectivity index (χ1n) is 7.06. The van der Waals surface area contributed by atoms with Crippen LogP contribution in [-0.2, 0) is 5.41 Å². The Kier molecular flexibility index (Phi) is 5.25.